The number of hydrogen-bond acceptors (Lipinski definition) is 6. The molecule has 1 aliphatic rings. The molecule has 2 aromatic carbocycles. The summed E-state index contributed by atoms with van der Waals surface area (Å²) in [5.74, 6) is 0. The third kappa shape index (κ3) is 3.45. The Morgan fingerprint density at radius 2 is 1.90 bits per heavy atom. The van der Waals surface area contributed by atoms with E-state index in [-0.39, 0.29) is 17.3 Å². The third-order valence-corrected chi connectivity index (χ3v) is 7.54. The van der Waals surface area contributed by atoms with Crippen LogP contribution < -0.4 is 4.90 Å². The van der Waals surface area contributed by atoms with Gasteiger partial charge in [0.15, 0.2) is 5.52 Å². The first-order chi connectivity index (χ1) is 14.1. The molecule has 0 amide bonds. The number of thioether (sulfide) groups is 1. The molecular formula is C23H27N3O2S. The topological polar surface area (TPSA) is 62.4 Å². The van der Waals surface area contributed by atoms with Crippen LogP contribution in [0, 0.1) is 0 Å². The number of hydrogen-bond donors (Lipinski definition) is 1. The SMILES string of the molecule is CCN(CC)c1ccc(/C=C/C2Sc3ccccc3C2(C)CCO)c2nonc12. The maximum Gasteiger partial charge on any atom is 0.159 e. The fourth-order valence-corrected chi connectivity index (χ4v) is 5.76. The second-order valence-electron chi connectivity index (χ2n) is 7.59. The second-order valence-corrected chi connectivity index (χ2v) is 8.78. The van der Waals surface area contributed by atoms with Gasteiger partial charge in [0.2, 0.25) is 0 Å². The van der Waals surface area contributed by atoms with Crippen LogP contribution >= 0.6 is 11.8 Å². The molecule has 0 saturated heterocycles. The molecule has 1 aromatic heterocycles. The fourth-order valence-electron chi connectivity index (χ4n) is 4.24. The second kappa shape index (κ2) is 8.20. The van der Waals surface area contributed by atoms with Crippen molar-refractivity contribution in [3.63, 3.8) is 0 Å². The third-order valence-electron chi connectivity index (χ3n) is 6.00. The molecule has 5 nitrogen and oxygen atoms in total. The van der Waals surface area contributed by atoms with E-state index in [1.54, 1.807) is 0 Å². The van der Waals surface area contributed by atoms with Gasteiger partial charge in [-0.3, -0.25) is 0 Å². The van der Waals surface area contributed by atoms with Crippen molar-refractivity contribution in [1.29, 1.82) is 0 Å². The molecule has 0 spiro atoms. The predicted octanol–water partition coefficient (Wildman–Crippen LogP) is 4.90. The van der Waals surface area contributed by atoms with Crippen molar-refractivity contribution < 1.29 is 9.74 Å². The van der Waals surface area contributed by atoms with E-state index < -0.39 is 0 Å². The first-order valence-corrected chi connectivity index (χ1v) is 11.1. The minimum atomic E-state index is -0.102. The minimum absolute atomic E-state index is 0.102. The van der Waals surface area contributed by atoms with E-state index in [1.807, 2.05) is 11.8 Å². The molecule has 2 atom stereocenters. The number of aromatic nitrogens is 2. The monoisotopic (exact) mass is 409 g/mol. The number of nitrogens with zero attached hydrogens (tertiary/aromatic N) is 3. The molecule has 6 heteroatoms. The number of benzene rings is 2. The zero-order chi connectivity index (χ0) is 20.4. The van der Waals surface area contributed by atoms with Crippen molar-refractivity contribution in [1.82, 2.24) is 10.3 Å². The van der Waals surface area contributed by atoms with E-state index >= 15 is 0 Å². The predicted molar refractivity (Wildman–Crippen MR) is 120 cm³/mol. The zero-order valence-corrected chi connectivity index (χ0v) is 17.9. The highest BCUT2D eigenvalue weighted by Crippen LogP contribution is 2.51. The highest BCUT2D eigenvalue weighted by molar-refractivity contribution is 8.00. The van der Waals surface area contributed by atoms with Crippen molar-refractivity contribution in [2.45, 2.75) is 42.8 Å². The first kappa shape index (κ1) is 20.0. The van der Waals surface area contributed by atoms with Gasteiger partial charge in [0.1, 0.15) is 5.52 Å². The van der Waals surface area contributed by atoms with Gasteiger partial charge < -0.3 is 10.0 Å². The van der Waals surface area contributed by atoms with Crippen LogP contribution in [-0.2, 0) is 5.41 Å². The molecule has 29 heavy (non-hydrogen) atoms. The molecule has 2 heterocycles. The van der Waals surface area contributed by atoms with Crippen molar-refractivity contribution in [2.24, 2.45) is 0 Å². The summed E-state index contributed by atoms with van der Waals surface area (Å²) in [6.45, 7) is 8.50. The molecule has 0 saturated carbocycles. The molecular weight excluding hydrogens is 382 g/mol. The summed E-state index contributed by atoms with van der Waals surface area (Å²) in [6, 6.07) is 12.7. The highest BCUT2D eigenvalue weighted by atomic mass is 32.2. The Hall–Kier alpha value is -2.31. The Morgan fingerprint density at radius 1 is 1.14 bits per heavy atom. The standard InChI is InChI=1S/C23H27N3O2S/c1-4-26(5-2)18-12-10-16(21-22(18)25-28-24-21)11-13-20-23(3,14-15-27)17-8-6-7-9-19(17)29-20/h6-13,20,27H,4-5,14-15H2,1-3H3/b13-11+. The zero-order valence-electron chi connectivity index (χ0n) is 17.1. The van der Waals surface area contributed by atoms with Gasteiger partial charge in [-0.1, -0.05) is 43.3 Å². The smallest absolute Gasteiger partial charge is 0.159 e. The number of rotatable bonds is 7. The van der Waals surface area contributed by atoms with Crippen LogP contribution in [0.25, 0.3) is 17.1 Å². The average Bonchev–Trinajstić information content (AvgIpc) is 3.32. The lowest BCUT2D eigenvalue weighted by molar-refractivity contribution is 0.248. The van der Waals surface area contributed by atoms with E-state index in [0.717, 1.165) is 41.8 Å². The fraction of sp³-hybridized carbons (Fsp3) is 0.391. The normalized spacial score (nSPS) is 21.2. The van der Waals surface area contributed by atoms with Crippen LogP contribution in [0.5, 0.6) is 0 Å². The Labute approximate surface area is 175 Å². The lowest BCUT2D eigenvalue weighted by atomic mass is 9.76. The molecule has 0 radical (unpaired) electrons. The molecule has 2 unspecified atom stereocenters. The largest absolute Gasteiger partial charge is 0.396 e. The van der Waals surface area contributed by atoms with Gasteiger partial charge in [-0.25, -0.2) is 4.63 Å². The summed E-state index contributed by atoms with van der Waals surface area (Å²) in [6.07, 6.45) is 5.09. The number of aliphatic hydroxyl groups is 1. The van der Waals surface area contributed by atoms with Crippen LogP contribution in [-0.4, -0.2) is 40.4 Å². The average molecular weight is 410 g/mol. The van der Waals surface area contributed by atoms with E-state index in [4.69, 9.17) is 4.63 Å². The van der Waals surface area contributed by atoms with E-state index in [1.165, 1.54) is 10.5 Å². The Balaban J connectivity index is 1.69. The van der Waals surface area contributed by atoms with Gasteiger partial charge in [0.25, 0.3) is 0 Å². The number of aliphatic hydroxyl groups excluding tert-OH is 1. The van der Waals surface area contributed by atoms with Crippen molar-refractivity contribution in [3.8, 4) is 0 Å². The van der Waals surface area contributed by atoms with Gasteiger partial charge in [0.05, 0.1) is 5.69 Å². The number of anilines is 1. The van der Waals surface area contributed by atoms with Gasteiger partial charge in [0, 0.05) is 40.8 Å². The summed E-state index contributed by atoms with van der Waals surface area (Å²) < 4.78 is 5.09. The maximum absolute atomic E-state index is 9.69. The summed E-state index contributed by atoms with van der Waals surface area (Å²) in [5.41, 5.74) is 4.86. The van der Waals surface area contributed by atoms with Gasteiger partial charge >= 0.3 is 0 Å². The van der Waals surface area contributed by atoms with E-state index in [0.29, 0.717) is 0 Å². The Kier molecular flexibility index (Phi) is 5.65. The van der Waals surface area contributed by atoms with Crippen LogP contribution in [0.2, 0.25) is 0 Å². The molecule has 1 aliphatic heterocycles. The van der Waals surface area contributed by atoms with Crippen molar-refractivity contribution in [2.75, 3.05) is 24.6 Å². The van der Waals surface area contributed by atoms with Crippen molar-refractivity contribution >= 4 is 34.6 Å². The van der Waals surface area contributed by atoms with Gasteiger partial charge in [-0.2, -0.15) is 0 Å². The molecule has 0 fully saturated rings. The molecule has 3 aromatic rings. The number of fused-ring (bicyclic) bond motifs is 2. The molecule has 0 aliphatic carbocycles. The van der Waals surface area contributed by atoms with Crippen LogP contribution in [0.15, 0.2) is 52.0 Å². The summed E-state index contributed by atoms with van der Waals surface area (Å²) >= 11 is 1.86. The van der Waals surface area contributed by atoms with E-state index in [2.05, 4.69) is 84.5 Å². The summed E-state index contributed by atoms with van der Waals surface area (Å²) in [7, 11) is 0. The molecule has 4 rings (SSSR count). The molecule has 1 N–H and O–H groups in total. The summed E-state index contributed by atoms with van der Waals surface area (Å²) in [4.78, 5) is 3.55. The lowest BCUT2D eigenvalue weighted by Crippen LogP contribution is -2.30. The Bertz CT molecular complexity index is 1030. The van der Waals surface area contributed by atoms with Gasteiger partial charge in [-0.05, 0) is 48.3 Å². The lowest BCUT2D eigenvalue weighted by Gasteiger charge is -2.29. The van der Waals surface area contributed by atoms with Gasteiger partial charge in [-0.15, -0.1) is 11.8 Å². The van der Waals surface area contributed by atoms with Crippen LogP contribution in [0.1, 0.15) is 38.3 Å². The Morgan fingerprint density at radius 3 is 2.66 bits per heavy atom. The van der Waals surface area contributed by atoms with Crippen LogP contribution in [0.3, 0.4) is 0 Å². The minimum Gasteiger partial charge on any atom is -0.396 e. The van der Waals surface area contributed by atoms with E-state index in [9.17, 15) is 5.11 Å². The quantitative estimate of drug-likeness (QED) is 0.599. The first-order valence-electron chi connectivity index (χ1n) is 10.2. The molecule has 152 valence electrons. The maximum atomic E-state index is 9.69. The highest BCUT2D eigenvalue weighted by Gasteiger charge is 2.41. The van der Waals surface area contributed by atoms with Crippen molar-refractivity contribution in [3.05, 3.63) is 53.6 Å². The summed E-state index contributed by atoms with van der Waals surface area (Å²) in [5, 5.41) is 18.3. The van der Waals surface area contributed by atoms with Crippen LogP contribution in [0.4, 0.5) is 5.69 Å². The molecule has 0 bridgehead atoms.